The first-order valence-corrected chi connectivity index (χ1v) is 4.33. The average molecular weight is 176 g/mol. The lowest BCUT2D eigenvalue weighted by molar-refractivity contribution is -0.0968. The van der Waals surface area contributed by atoms with Gasteiger partial charge in [-0.1, -0.05) is 6.92 Å². The van der Waals surface area contributed by atoms with E-state index in [2.05, 4.69) is 28.9 Å². The number of rotatable bonds is 7. The van der Waals surface area contributed by atoms with Gasteiger partial charge in [-0.15, -0.1) is 0 Å². The summed E-state index contributed by atoms with van der Waals surface area (Å²) >= 11 is 0. The van der Waals surface area contributed by atoms with E-state index in [0.717, 1.165) is 26.1 Å². The summed E-state index contributed by atoms with van der Waals surface area (Å²) < 4.78 is 4.62. The molecule has 1 unspecified atom stereocenters. The predicted octanol–water partition coefficient (Wildman–Crippen LogP) is -0.160. The summed E-state index contributed by atoms with van der Waals surface area (Å²) in [5.41, 5.74) is 0. The highest BCUT2D eigenvalue weighted by molar-refractivity contribution is 4.52. The Labute approximate surface area is 74.5 Å². The molecule has 0 aromatic carbocycles. The van der Waals surface area contributed by atoms with Crippen molar-refractivity contribution in [2.75, 3.05) is 33.8 Å². The largest absolute Gasteiger partial charge is 0.356 e. The number of nitrogens with zero attached hydrogens (tertiary/aromatic N) is 1. The Morgan fingerprint density at radius 3 is 2.67 bits per heavy atom. The Kier molecular flexibility index (Phi) is 7.39. The van der Waals surface area contributed by atoms with Crippen molar-refractivity contribution in [3.63, 3.8) is 0 Å². The second-order valence-electron chi connectivity index (χ2n) is 2.85. The summed E-state index contributed by atoms with van der Waals surface area (Å²) in [6.07, 6.45) is 0.323. The van der Waals surface area contributed by atoms with Gasteiger partial charge in [0.05, 0.1) is 0 Å². The molecule has 0 radical (unpaired) electrons. The zero-order valence-electron chi connectivity index (χ0n) is 8.21. The minimum Gasteiger partial charge on any atom is -0.356 e. The normalized spacial score (nSPS) is 13.8. The maximum absolute atomic E-state index is 8.95. The fourth-order valence-electron chi connectivity index (χ4n) is 0.956. The van der Waals surface area contributed by atoms with E-state index in [-0.39, 0.29) is 0 Å². The summed E-state index contributed by atoms with van der Waals surface area (Å²) in [5.74, 6) is 0. The molecular formula is C8H20N2O2. The van der Waals surface area contributed by atoms with E-state index in [4.69, 9.17) is 5.11 Å². The van der Waals surface area contributed by atoms with Crippen molar-refractivity contribution in [2.45, 2.75) is 19.8 Å². The van der Waals surface area contributed by atoms with Crippen LogP contribution in [0, 0.1) is 0 Å². The van der Waals surface area contributed by atoms with E-state index in [9.17, 15) is 0 Å². The molecule has 0 heterocycles. The smallest absolute Gasteiger partial charge is 0.213 e. The fourth-order valence-corrected chi connectivity index (χ4v) is 0.956. The molecule has 74 valence electrons. The molecule has 2 N–H and O–H groups in total. The summed E-state index contributed by atoms with van der Waals surface area (Å²) in [4.78, 5) is 2.20. The highest BCUT2D eigenvalue weighted by Gasteiger charge is 1.99. The van der Waals surface area contributed by atoms with Gasteiger partial charge < -0.3 is 14.7 Å². The van der Waals surface area contributed by atoms with Crippen LogP contribution in [-0.2, 0) is 4.74 Å². The summed E-state index contributed by atoms with van der Waals surface area (Å²) in [6.45, 7) is 4.90. The standard InChI is InChI=1S/C8H20N2O2/c1-4-6-10(2)7-5-9-8(11)12-3/h8-9,11H,4-7H2,1-3H3. The molecule has 0 amide bonds. The molecule has 0 aromatic heterocycles. The minimum absolute atomic E-state index is 0.742. The first-order chi connectivity index (χ1) is 5.70. The number of aliphatic hydroxyl groups excluding tert-OH is 1. The lowest BCUT2D eigenvalue weighted by atomic mass is 10.4. The molecule has 4 heteroatoms. The summed E-state index contributed by atoms with van der Waals surface area (Å²) in [7, 11) is 3.53. The Hall–Kier alpha value is -0.160. The van der Waals surface area contributed by atoms with Gasteiger partial charge in [0.2, 0.25) is 6.41 Å². The quantitative estimate of drug-likeness (QED) is 0.529. The number of likely N-dealkylation sites (N-methyl/N-ethyl adjacent to an activating group) is 1. The van der Waals surface area contributed by atoms with Crippen molar-refractivity contribution in [1.82, 2.24) is 10.2 Å². The first kappa shape index (κ1) is 11.8. The zero-order valence-corrected chi connectivity index (χ0v) is 8.21. The number of aliphatic hydroxyl groups is 1. The van der Waals surface area contributed by atoms with Crippen molar-refractivity contribution in [1.29, 1.82) is 0 Å². The summed E-state index contributed by atoms with van der Waals surface area (Å²) in [5, 5.41) is 11.8. The monoisotopic (exact) mass is 176 g/mol. The van der Waals surface area contributed by atoms with Crippen molar-refractivity contribution in [3.8, 4) is 0 Å². The maximum Gasteiger partial charge on any atom is 0.213 e. The van der Waals surface area contributed by atoms with Gasteiger partial charge in [0.25, 0.3) is 0 Å². The molecule has 0 aliphatic heterocycles. The molecule has 0 aliphatic rings. The Balaban J connectivity index is 3.18. The predicted molar refractivity (Wildman–Crippen MR) is 48.8 cm³/mol. The topological polar surface area (TPSA) is 44.7 Å². The van der Waals surface area contributed by atoms with E-state index < -0.39 is 6.41 Å². The van der Waals surface area contributed by atoms with Crippen molar-refractivity contribution in [2.24, 2.45) is 0 Å². The van der Waals surface area contributed by atoms with Crippen LogP contribution in [-0.4, -0.2) is 50.2 Å². The minimum atomic E-state index is -0.833. The number of hydrogen-bond acceptors (Lipinski definition) is 4. The maximum atomic E-state index is 8.95. The molecule has 0 fully saturated rings. The second kappa shape index (κ2) is 7.49. The highest BCUT2D eigenvalue weighted by Crippen LogP contribution is 1.84. The van der Waals surface area contributed by atoms with Crippen LogP contribution in [0.4, 0.5) is 0 Å². The van der Waals surface area contributed by atoms with Crippen molar-refractivity contribution >= 4 is 0 Å². The van der Waals surface area contributed by atoms with Crippen LogP contribution >= 0.6 is 0 Å². The Bertz CT molecular complexity index is 101. The number of methoxy groups -OCH3 is 1. The van der Waals surface area contributed by atoms with Crippen LogP contribution in [0.3, 0.4) is 0 Å². The lowest BCUT2D eigenvalue weighted by Crippen LogP contribution is -2.36. The molecule has 0 spiro atoms. The van der Waals surface area contributed by atoms with Crippen LogP contribution in [0.15, 0.2) is 0 Å². The number of nitrogens with one attached hydrogen (secondary N) is 1. The highest BCUT2D eigenvalue weighted by atomic mass is 16.6. The van der Waals surface area contributed by atoms with Gasteiger partial charge in [-0.2, -0.15) is 0 Å². The molecule has 0 rings (SSSR count). The first-order valence-electron chi connectivity index (χ1n) is 4.33. The van der Waals surface area contributed by atoms with E-state index in [1.54, 1.807) is 0 Å². The zero-order chi connectivity index (χ0) is 9.40. The molecule has 1 atom stereocenters. The Morgan fingerprint density at radius 2 is 2.17 bits per heavy atom. The lowest BCUT2D eigenvalue weighted by Gasteiger charge is -2.17. The van der Waals surface area contributed by atoms with Gasteiger partial charge in [-0.05, 0) is 20.0 Å². The van der Waals surface area contributed by atoms with Crippen LogP contribution in [0.5, 0.6) is 0 Å². The molecule has 0 bridgehead atoms. The van der Waals surface area contributed by atoms with Crippen LogP contribution in [0.2, 0.25) is 0 Å². The van der Waals surface area contributed by atoms with Gasteiger partial charge in [0.1, 0.15) is 0 Å². The fraction of sp³-hybridized carbons (Fsp3) is 1.00. The van der Waals surface area contributed by atoms with Gasteiger partial charge in [-0.25, -0.2) is 0 Å². The van der Waals surface area contributed by atoms with E-state index >= 15 is 0 Å². The molecule has 0 aliphatic carbocycles. The molecular weight excluding hydrogens is 156 g/mol. The third-order valence-corrected chi connectivity index (χ3v) is 1.64. The second-order valence-corrected chi connectivity index (χ2v) is 2.85. The van der Waals surface area contributed by atoms with Crippen molar-refractivity contribution < 1.29 is 9.84 Å². The Morgan fingerprint density at radius 1 is 1.50 bits per heavy atom. The average Bonchev–Trinajstić information content (AvgIpc) is 2.04. The third kappa shape index (κ3) is 6.54. The molecule has 0 saturated carbocycles. The van der Waals surface area contributed by atoms with Crippen LogP contribution in [0.1, 0.15) is 13.3 Å². The van der Waals surface area contributed by atoms with E-state index in [1.165, 1.54) is 7.11 Å². The molecule has 4 nitrogen and oxygen atoms in total. The number of hydrogen-bond donors (Lipinski definition) is 2. The van der Waals surface area contributed by atoms with Gasteiger partial charge in [0.15, 0.2) is 0 Å². The SMILES string of the molecule is CCCN(C)CCNC(O)OC. The van der Waals surface area contributed by atoms with E-state index in [0.29, 0.717) is 0 Å². The summed E-state index contributed by atoms with van der Waals surface area (Å²) in [6, 6.07) is 0. The van der Waals surface area contributed by atoms with Crippen LogP contribution in [0.25, 0.3) is 0 Å². The van der Waals surface area contributed by atoms with Gasteiger partial charge in [0, 0.05) is 20.2 Å². The number of ether oxygens (including phenoxy) is 1. The van der Waals surface area contributed by atoms with E-state index in [1.807, 2.05) is 0 Å². The van der Waals surface area contributed by atoms with Crippen LogP contribution < -0.4 is 5.32 Å². The van der Waals surface area contributed by atoms with Gasteiger partial charge in [-0.3, -0.25) is 5.32 Å². The third-order valence-electron chi connectivity index (χ3n) is 1.64. The van der Waals surface area contributed by atoms with Gasteiger partial charge >= 0.3 is 0 Å². The molecule has 0 saturated heterocycles. The van der Waals surface area contributed by atoms with Crippen molar-refractivity contribution in [3.05, 3.63) is 0 Å². The molecule has 12 heavy (non-hydrogen) atoms. The molecule has 0 aromatic rings.